The number of hydrogen-bond donors (Lipinski definition) is 1. The summed E-state index contributed by atoms with van der Waals surface area (Å²) in [4.78, 5) is 19.6. The molecule has 0 amide bonds. The highest BCUT2D eigenvalue weighted by molar-refractivity contribution is 5.77. The Morgan fingerprint density at radius 3 is 2.76 bits per heavy atom. The minimum atomic E-state index is -0.106. The highest BCUT2D eigenvalue weighted by Gasteiger charge is 2.13. The molecular formula is C17H16N2O2. The normalized spacial score (nSPS) is 12.3. The van der Waals surface area contributed by atoms with Gasteiger partial charge in [0.15, 0.2) is 0 Å². The second kappa shape index (κ2) is 5.40. The molecule has 0 aliphatic rings. The van der Waals surface area contributed by atoms with Gasteiger partial charge in [-0.1, -0.05) is 31.2 Å². The molecule has 4 heteroatoms. The molecule has 1 aromatic heterocycles. The fourth-order valence-electron chi connectivity index (χ4n) is 2.38. The number of aromatic amines is 1. The standard InChI is InChI=1S/C17H16N2O2/c1-11(12-6-5-7-13(10-12)21-2)16-18-15-9-4-3-8-14(15)17(20)19-16/h3-11H,1-2H3,(H,18,19,20). The summed E-state index contributed by atoms with van der Waals surface area (Å²) < 4.78 is 5.24. The molecule has 106 valence electrons. The van der Waals surface area contributed by atoms with Crippen LogP contribution >= 0.6 is 0 Å². The molecule has 0 radical (unpaired) electrons. The van der Waals surface area contributed by atoms with Crippen LogP contribution in [0, 0.1) is 0 Å². The van der Waals surface area contributed by atoms with Gasteiger partial charge in [0.05, 0.1) is 18.0 Å². The maximum absolute atomic E-state index is 12.1. The fraction of sp³-hybridized carbons (Fsp3) is 0.176. The van der Waals surface area contributed by atoms with Gasteiger partial charge in [0.2, 0.25) is 0 Å². The lowest BCUT2D eigenvalue weighted by Gasteiger charge is -2.13. The molecule has 0 spiro atoms. The number of hydrogen-bond acceptors (Lipinski definition) is 3. The van der Waals surface area contributed by atoms with Crippen molar-refractivity contribution in [3.05, 3.63) is 70.3 Å². The van der Waals surface area contributed by atoms with Gasteiger partial charge in [0, 0.05) is 5.92 Å². The summed E-state index contributed by atoms with van der Waals surface area (Å²) in [5, 5.41) is 0.610. The average molecular weight is 280 g/mol. The Hall–Kier alpha value is -2.62. The van der Waals surface area contributed by atoms with E-state index in [1.165, 1.54) is 0 Å². The Bertz CT molecular complexity index is 839. The molecule has 0 bridgehead atoms. The summed E-state index contributed by atoms with van der Waals surface area (Å²) in [5.74, 6) is 1.44. The zero-order chi connectivity index (χ0) is 14.8. The van der Waals surface area contributed by atoms with E-state index in [2.05, 4.69) is 9.97 Å². The first-order chi connectivity index (χ1) is 10.2. The van der Waals surface area contributed by atoms with E-state index in [1.807, 2.05) is 49.4 Å². The number of nitrogens with zero attached hydrogens (tertiary/aromatic N) is 1. The minimum absolute atomic E-state index is 0.0163. The quantitative estimate of drug-likeness (QED) is 0.802. The lowest BCUT2D eigenvalue weighted by atomic mass is 10.00. The van der Waals surface area contributed by atoms with Crippen LogP contribution in [-0.2, 0) is 0 Å². The SMILES string of the molecule is COc1cccc(C(C)c2nc3ccccc3c(=O)[nH]2)c1. The third kappa shape index (κ3) is 2.52. The largest absolute Gasteiger partial charge is 0.497 e. The Labute approximate surface area is 122 Å². The summed E-state index contributed by atoms with van der Waals surface area (Å²) in [6, 6.07) is 15.1. The van der Waals surface area contributed by atoms with E-state index in [9.17, 15) is 4.79 Å². The van der Waals surface area contributed by atoms with Gasteiger partial charge in [0.25, 0.3) is 5.56 Å². The van der Waals surface area contributed by atoms with Crippen molar-refractivity contribution in [3.8, 4) is 5.75 Å². The van der Waals surface area contributed by atoms with Gasteiger partial charge >= 0.3 is 0 Å². The van der Waals surface area contributed by atoms with Crippen LogP contribution in [0.15, 0.2) is 53.3 Å². The molecule has 1 heterocycles. The van der Waals surface area contributed by atoms with Gasteiger partial charge in [-0.05, 0) is 29.8 Å². The average Bonchev–Trinajstić information content (AvgIpc) is 2.54. The summed E-state index contributed by atoms with van der Waals surface area (Å²) in [7, 11) is 1.64. The smallest absolute Gasteiger partial charge is 0.258 e. The summed E-state index contributed by atoms with van der Waals surface area (Å²) in [5.41, 5.74) is 1.66. The van der Waals surface area contributed by atoms with Gasteiger partial charge in [-0.3, -0.25) is 4.79 Å². The second-order valence-electron chi connectivity index (χ2n) is 4.97. The number of para-hydroxylation sites is 1. The molecule has 0 aliphatic heterocycles. The van der Waals surface area contributed by atoms with Crippen LogP contribution in [0.4, 0.5) is 0 Å². The van der Waals surface area contributed by atoms with Gasteiger partial charge < -0.3 is 9.72 Å². The Kier molecular flexibility index (Phi) is 3.44. The number of aromatic nitrogens is 2. The first-order valence-electron chi connectivity index (χ1n) is 6.82. The van der Waals surface area contributed by atoms with Gasteiger partial charge in [0.1, 0.15) is 11.6 Å². The van der Waals surface area contributed by atoms with Crippen LogP contribution in [0.1, 0.15) is 24.2 Å². The van der Waals surface area contributed by atoms with E-state index >= 15 is 0 Å². The van der Waals surface area contributed by atoms with Crippen molar-refractivity contribution in [2.45, 2.75) is 12.8 Å². The van der Waals surface area contributed by atoms with Crippen molar-refractivity contribution in [2.24, 2.45) is 0 Å². The molecule has 0 saturated carbocycles. The van der Waals surface area contributed by atoms with E-state index in [-0.39, 0.29) is 11.5 Å². The maximum atomic E-state index is 12.1. The number of H-pyrrole nitrogens is 1. The van der Waals surface area contributed by atoms with Crippen molar-refractivity contribution in [1.82, 2.24) is 9.97 Å². The molecule has 21 heavy (non-hydrogen) atoms. The number of methoxy groups -OCH3 is 1. The molecule has 0 aliphatic carbocycles. The number of rotatable bonds is 3. The second-order valence-corrected chi connectivity index (χ2v) is 4.97. The lowest BCUT2D eigenvalue weighted by Crippen LogP contribution is -2.14. The zero-order valence-electron chi connectivity index (χ0n) is 12.0. The first kappa shape index (κ1) is 13.4. The van der Waals surface area contributed by atoms with Crippen LogP contribution in [0.3, 0.4) is 0 Å². The lowest BCUT2D eigenvalue weighted by molar-refractivity contribution is 0.414. The van der Waals surface area contributed by atoms with Crippen molar-refractivity contribution < 1.29 is 4.74 Å². The number of ether oxygens (including phenoxy) is 1. The fourth-order valence-corrected chi connectivity index (χ4v) is 2.38. The van der Waals surface area contributed by atoms with E-state index in [1.54, 1.807) is 13.2 Å². The predicted octanol–water partition coefficient (Wildman–Crippen LogP) is 3.08. The topological polar surface area (TPSA) is 55.0 Å². The molecule has 3 rings (SSSR count). The summed E-state index contributed by atoms with van der Waals surface area (Å²) in [6.07, 6.45) is 0. The summed E-state index contributed by atoms with van der Waals surface area (Å²) >= 11 is 0. The first-order valence-corrected chi connectivity index (χ1v) is 6.82. The molecule has 0 fully saturated rings. The molecule has 1 unspecified atom stereocenters. The maximum Gasteiger partial charge on any atom is 0.258 e. The van der Waals surface area contributed by atoms with E-state index in [4.69, 9.17) is 4.74 Å². The molecule has 3 aromatic rings. The third-order valence-electron chi connectivity index (χ3n) is 3.64. The number of benzene rings is 2. The van der Waals surface area contributed by atoms with Crippen molar-refractivity contribution in [3.63, 3.8) is 0 Å². The molecule has 4 nitrogen and oxygen atoms in total. The van der Waals surface area contributed by atoms with Gasteiger partial charge in [-0.2, -0.15) is 0 Å². The van der Waals surface area contributed by atoms with Gasteiger partial charge in [-0.25, -0.2) is 4.98 Å². The van der Waals surface area contributed by atoms with Crippen molar-refractivity contribution in [2.75, 3.05) is 7.11 Å². The molecular weight excluding hydrogens is 264 g/mol. The zero-order valence-corrected chi connectivity index (χ0v) is 12.0. The van der Waals surface area contributed by atoms with E-state index in [0.717, 1.165) is 11.3 Å². The molecule has 1 N–H and O–H groups in total. The molecule has 2 aromatic carbocycles. The van der Waals surface area contributed by atoms with Crippen LogP contribution < -0.4 is 10.3 Å². The van der Waals surface area contributed by atoms with Crippen LogP contribution in [0.5, 0.6) is 5.75 Å². The number of nitrogens with one attached hydrogen (secondary N) is 1. The van der Waals surface area contributed by atoms with Gasteiger partial charge in [-0.15, -0.1) is 0 Å². The van der Waals surface area contributed by atoms with Crippen LogP contribution in [-0.4, -0.2) is 17.1 Å². The summed E-state index contributed by atoms with van der Waals surface area (Å²) in [6.45, 7) is 2.02. The van der Waals surface area contributed by atoms with E-state index in [0.29, 0.717) is 16.7 Å². The molecule has 0 saturated heterocycles. The molecule has 1 atom stereocenters. The monoisotopic (exact) mass is 280 g/mol. The Balaban J connectivity index is 2.08. The predicted molar refractivity (Wildman–Crippen MR) is 82.9 cm³/mol. The van der Waals surface area contributed by atoms with Crippen LogP contribution in [0.25, 0.3) is 10.9 Å². The van der Waals surface area contributed by atoms with Crippen LogP contribution in [0.2, 0.25) is 0 Å². The third-order valence-corrected chi connectivity index (χ3v) is 3.64. The number of fused-ring (bicyclic) bond motifs is 1. The van der Waals surface area contributed by atoms with Crippen molar-refractivity contribution in [1.29, 1.82) is 0 Å². The van der Waals surface area contributed by atoms with Crippen molar-refractivity contribution >= 4 is 10.9 Å². The highest BCUT2D eigenvalue weighted by atomic mass is 16.5. The Morgan fingerprint density at radius 2 is 1.95 bits per heavy atom. The van der Waals surface area contributed by atoms with E-state index < -0.39 is 0 Å². The minimum Gasteiger partial charge on any atom is -0.497 e. The highest BCUT2D eigenvalue weighted by Crippen LogP contribution is 2.24. The Morgan fingerprint density at radius 1 is 1.14 bits per heavy atom.